The summed E-state index contributed by atoms with van der Waals surface area (Å²) >= 11 is 0. The SMILES string of the molecule is Cc1cccc(NC(=O)C(=O)N2CCCCC2C)c1. The highest BCUT2D eigenvalue weighted by atomic mass is 16.2. The highest BCUT2D eigenvalue weighted by Crippen LogP contribution is 2.17. The molecule has 1 aliphatic rings. The van der Waals surface area contributed by atoms with E-state index in [4.69, 9.17) is 0 Å². The number of nitrogens with zero attached hydrogens (tertiary/aromatic N) is 1. The van der Waals surface area contributed by atoms with Gasteiger partial charge in [0.2, 0.25) is 0 Å². The van der Waals surface area contributed by atoms with E-state index in [0.29, 0.717) is 12.2 Å². The number of nitrogens with one attached hydrogen (secondary N) is 1. The van der Waals surface area contributed by atoms with Crippen LogP contribution in [0.3, 0.4) is 0 Å². The van der Waals surface area contributed by atoms with E-state index >= 15 is 0 Å². The number of anilines is 1. The molecule has 102 valence electrons. The van der Waals surface area contributed by atoms with Gasteiger partial charge in [0.25, 0.3) is 0 Å². The van der Waals surface area contributed by atoms with Crippen molar-refractivity contribution in [3.63, 3.8) is 0 Å². The van der Waals surface area contributed by atoms with E-state index in [-0.39, 0.29) is 6.04 Å². The van der Waals surface area contributed by atoms with Crippen molar-refractivity contribution in [3.8, 4) is 0 Å². The number of carbonyl (C=O) groups excluding carboxylic acids is 2. The fourth-order valence-electron chi connectivity index (χ4n) is 2.44. The minimum Gasteiger partial charge on any atom is -0.332 e. The van der Waals surface area contributed by atoms with E-state index in [9.17, 15) is 9.59 Å². The lowest BCUT2D eigenvalue weighted by Gasteiger charge is -2.32. The maximum absolute atomic E-state index is 12.1. The number of hydrogen-bond acceptors (Lipinski definition) is 2. The Morgan fingerprint density at radius 2 is 2.11 bits per heavy atom. The summed E-state index contributed by atoms with van der Waals surface area (Å²) in [6, 6.07) is 7.61. The van der Waals surface area contributed by atoms with Crippen LogP contribution in [0.25, 0.3) is 0 Å². The van der Waals surface area contributed by atoms with E-state index in [0.717, 1.165) is 24.8 Å². The molecule has 0 bridgehead atoms. The zero-order chi connectivity index (χ0) is 13.8. The van der Waals surface area contributed by atoms with Crippen LogP contribution in [0.1, 0.15) is 31.7 Å². The van der Waals surface area contributed by atoms with Gasteiger partial charge in [-0.2, -0.15) is 0 Å². The van der Waals surface area contributed by atoms with E-state index in [2.05, 4.69) is 5.32 Å². The molecule has 1 fully saturated rings. The lowest BCUT2D eigenvalue weighted by Crippen LogP contribution is -2.47. The molecule has 19 heavy (non-hydrogen) atoms. The first-order valence-corrected chi connectivity index (χ1v) is 6.76. The zero-order valence-electron chi connectivity index (χ0n) is 11.5. The number of benzene rings is 1. The van der Waals surface area contributed by atoms with Crippen LogP contribution in [-0.2, 0) is 9.59 Å². The highest BCUT2D eigenvalue weighted by Gasteiger charge is 2.28. The molecule has 4 nitrogen and oxygen atoms in total. The van der Waals surface area contributed by atoms with E-state index in [1.807, 2.05) is 32.0 Å². The van der Waals surface area contributed by atoms with Crippen molar-refractivity contribution in [2.24, 2.45) is 0 Å². The predicted molar refractivity (Wildman–Crippen MR) is 74.8 cm³/mol. The Hall–Kier alpha value is -1.84. The Morgan fingerprint density at radius 1 is 1.32 bits per heavy atom. The minimum absolute atomic E-state index is 0.157. The third-order valence-corrected chi connectivity index (χ3v) is 3.53. The minimum atomic E-state index is -0.542. The van der Waals surface area contributed by atoms with Crippen LogP contribution in [0.15, 0.2) is 24.3 Å². The van der Waals surface area contributed by atoms with Crippen LogP contribution < -0.4 is 5.32 Å². The van der Waals surface area contributed by atoms with Gasteiger partial charge in [0.1, 0.15) is 0 Å². The van der Waals surface area contributed by atoms with Crippen LogP contribution in [-0.4, -0.2) is 29.3 Å². The summed E-state index contributed by atoms with van der Waals surface area (Å²) in [7, 11) is 0. The summed E-state index contributed by atoms with van der Waals surface area (Å²) in [5.41, 5.74) is 1.72. The molecule has 0 radical (unpaired) electrons. The Labute approximate surface area is 113 Å². The van der Waals surface area contributed by atoms with Gasteiger partial charge in [0, 0.05) is 18.3 Å². The molecule has 1 unspecified atom stereocenters. The summed E-state index contributed by atoms with van der Waals surface area (Å²) in [6.45, 7) is 4.63. The van der Waals surface area contributed by atoms with Gasteiger partial charge in [-0.1, -0.05) is 12.1 Å². The highest BCUT2D eigenvalue weighted by molar-refractivity contribution is 6.39. The molecular weight excluding hydrogens is 240 g/mol. The van der Waals surface area contributed by atoms with Crippen molar-refractivity contribution in [1.82, 2.24) is 4.90 Å². The van der Waals surface area contributed by atoms with Crippen molar-refractivity contribution < 1.29 is 9.59 Å². The Balaban J connectivity index is 2.01. The average Bonchev–Trinajstić information content (AvgIpc) is 2.38. The number of likely N-dealkylation sites (tertiary alicyclic amines) is 1. The maximum atomic E-state index is 12.1. The summed E-state index contributed by atoms with van der Waals surface area (Å²) < 4.78 is 0. The molecule has 2 amide bonds. The molecule has 1 heterocycles. The van der Waals surface area contributed by atoms with Gasteiger partial charge in [-0.3, -0.25) is 9.59 Å². The van der Waals surface area contributed by atoms with Gasteiger partial charge in [-0.05, 0) is 50.8 Å². The molecule has 1 aromatic carbocycles. The number of rotatable bonds is 1. The number of piperidine rings is 1. The fourth-order valence-corrected chi connectivity index (χ4v) is 2.44. The van der Waals surface area contributed by atoms with E-state index in [1.54, 1.807) is 11.0 Å². The standard InChI is InChI=1S/C15H20N2O2/c1-11-6-5-8-13(10-11)16-14(18)15(19)17-9-4-3-7-12(17)2/h5-6,8,10,12H,3-4,7,9H2,1-2H3,(H,16,18). The van der Waals surface area contributed by atoms with Crippen LogP contribution in [0.2, 0.25) is 0 Å². The molecule has 1 aliphatic heterocycles. The van der Waals surface area contributed by atoms with Gasteiger partial charge in [0.15, 0.2) is 0 Å². The Bertz CT molecular complexity index is 485. The van der Waals surface area contributed by atoms with Crippen molar-refractivity contribution >= 4 is 17.5 Å². The maximum Gasteiger partial charge on any atom is 0.313 e. The average molecular weight is 260 g/mol. The quantitative estimate of drug-likeness (QED) is 0.788. The van der Waals surface area contributed by atoms with Crippen LogP contribution in [0.5, 0.6) is 0 Å². The van der Waals surface area contributed by atoms with Gasteiger partial charge in [-0.25, -0.2) is 0 Å². The smallest absolute Gasteiger partial charge is 0.313 e. The second-order valence-electron chi connectivity index (χ2n) is 5.17. The number of hydrogen-bond donors (Lipinski definition) is 1. The van der Waals surface area contributed by atoms with Gasteiger partial charge in [-0.15, -0.1) is 0 Å². The third kappa shape index (κ3) is 3.34. The Morgan fingerprint density at radius 3 is 2.79 bits per heavy atom. The summed E-state index contributed by atoms with van der Waals surface area (Å²) in [5, 5.41) is 2.67. The molecule has 0 aromatic heterocycles. The van der Waals surface area contributed by atoms with Crippen molar-refractivity contribution in [3.05, 3.63) is 29.8 Å². The van der Waals surface area contributed by atoms with Crippen molar-refractivity contribution in [2.75, 3.05) is 11.9 Å². The summed E-state index contributed by atoms with van der Waals surface area (Å²) in [6.07, 6.45) is 3.09. The lowest BCUT2D eigenvalue weighted by molar-refractivity contribution is -0.145. The molecule has 4 heteroatoms. The summed E-state index contributed by atoms with van der Waals surface area (Å²) in [5.74, 6) is -0.965. The van der Waals surface area contributed by atoms with E-state index < -0.39 is 11.8 Å². The predicted octanol–water partition coefficient (Wildman–Crippen LogP) is 2.33. The topological polar surface area (TPSA) is 49.4 Å². The fraction of sp³-hybridized carbons (Fsp3) is 0.467. The molecule has 0 saturated carbocycles. The number of amides is 2. The second-order valence-corrected chi connectivity index (χ2v) is 5.17. The lowest BCUT2D eigenvalue weighted by atomic mass is 10.0. The van der Waals surface area contributed by atoms with Crippen molar-refractivity contribution in [2.45, 2.75) is 39.2 Å². The van der Waals surface area contributed by atoms with Gasteiger partial charge < -0.3 is 10.2 Å². The first-order chi connectivity index (χ1) is 9.08. The third-order valence-electron chi connectivity index (χ3n) is 3.53. The zero-order valence-corrected chi connectivity index (χ0v) is 11.5. The Kier molecular flexibility index (Phi) is 4.20. The summed E-state index contributed by atoms with van der Waals surface area (Å²) in [4.78, 5) is 25.8. The molecule has 0 spiro atoms. The van der Waals surface area contributed by atoms with Crippen LogP contribution >= 0.6 is 0 Å². The molecule has 0 aliphatic carbocycles. The first-order valence-electron chi connectivity index (χ1n) is 6.76. The molecule has 1 N–H and O–H groups in total. The largest absolute Gasteiger partial charge is 0.332 e. The van der Waals surface area contributed by atoms with Crippen LogP contribution in [0.4, 0.5) is 5.69 Å². The molecule has 2 rings (SSSR count). The van der Waals surface area contributed by atoms with Crippen LogP contribution in [0, 0.1) is 6.92 Å². The second kappa shape index (κ2) is 5.87. The van der Waals surface area contributed by atoms with E-state index in [1.165, 1.54) is 0 Å². The normalized spacial score (nSPS) is 19.1. The van der Waals surface area contributed by atoms with Gasteiger partial charge >= 0.3 is 11.8 Å². The van der Waals surface area contributed by atoms with Crippen molar-refractivity contribution in [1.29, 1.82) is 0 Å². The first kappa shape index (κ1) is 13.6. The monoisotopic (exact) mass is 260 g/mol. The molecule has 1 atom stereocenters. The molecule has 1 saturated heterocycles. The molecular formula is C15H20N2O2. The number of aryl methyl sites for hydroxylation is 1. The molecule has 1 aromatic rings. The van der Waals surface area contributed by atoms with Gasteiger partial charge in [0.05, 0.1) is 0 Å². The number of carbonyl (C=O) groups is 2.